The predicted molar refractivity (Wildman–Crippen MR) is 455 cm³/mol. The van der Waals surface area contributed by atoms with Gasteiger partial charge in [0.05, 0.1) is 33.4 Å². The number of rotatable bonds is 10. The average molecular weight is 1360 g/mol. The Morgan fingerprint density at radius 3 is 0.916 bits per heavy atom. The lowest BCUT2D eigenvalue weighted by Gasteiger charge is -2.46. The predicted octanol–water partition coefficient (Wildman–Crippen LogP) is 25.6. The summed E-state index contributed by atoms with van der Waals surface area (Å²) >= 11 is 0. The maximum atomic E-state index is 2.73. The van der Waals surface area contributed by atoms with E-state index in [1.807, 2.05) is 0 Å². The molecule has 2 aliphatic rings. The molecule has 0 amide bonds. The maximum Gasteiger partial charge on any atom is 0.252 e. The van der Waals surface area contributed by atoms with Crippen molar-refractivity contribution in [1.82, 2.24) is 9.13 Å². The molecule has 4 heterocycles. The molecule has 107 heavy (non-hydrogen) atoms. The number of hydrogen-bond acceptors (Lipinski definition) is 2. The molecule has 5 heteroatoms. The number of para-hydroxylation sites is 2. The average Bonchev–Trinajstić information content (AvgIpc) is 1.01. The summed E-state index contributed by atoms with van der Waals surface area (Å²) in [5, 5.41) is 9.72. The fourth-order valence-corrected chi connectivity index (χ4v) is 17.9. The van der Waals surface area contributed by atoms with Gasteiger partial charge in [0.1, 0.15) is 0 Å². The van der Waals surface area contributed by atoms with Gasteiger partial charge in [-0.15, -0.1) is 0 Å². The van der Waals surface area contributed by atoms with Crippen LogP contribution in [0.1, 0.15) is 26.3 Å². The van der Waals surface area contributed by atoms with Crippen molar-refractivity contribution in [2.24, 2.45) is 0 Å². The van der Waals surface area contributed by atoms with Crippen molar-refractivity contribution in [3.05, 3.63) is 382 Å². The second-order valence-electron chi connectivity index (χ2n) is 29.9. The molecule has 19 aromatic rings. The minimum Gasteiger partial charge on any atom is -0.310 e. The highest BCUT2D eigenvalue weighted by Gasteiger charge is 2.46. The van der Waals surface area contributed by atoms with Crippen LogP contribution in [0.2, 0.25) is 0 Å². The zero-order valence-corrected chi connectivity index (χ0v) is 59.7. The summed E-state index contributed by atoms with van der Waals surface area (Å²) in [6.07, 6.45) is 0. The maximum absolute atomic E-state index is 2.73. The lowest BCUT2D eigenvalue weighted by molar-refractivity contribution is 0.590. The summed E-state index contributed by atoms with van der Waals surface area (Å²) in [4.78, 5) is 5.45. The van der Waals surface area contributed by atoms with Crippen LogP contribution in [0.25, 0.3) is 143 Å². The van der Waals surface area contributed by atoms with E-state index in [1.165, 1.54) is 76.1 Å². The van der Waals surface area contributed by atoms with Gasteiger partial charge in [-0.3, -0.25) is 0 Å². The van der Waals surface area contributed by atoms with Crippen LogP contribution < -0.4 is 26.2 Å². The first kappa shape index (κ1) is 62.1. The summed E-state index contributed by atoms with van der Waals surface area (Å²) in [7, 11) is 0. The Labute approximate surface area is 623 Å². The third kappa shape index (κ3) is 9.92. The molecule has 0 radical (unpaired) electrons. The molecule has 0 unspecified atom stereocenters. The minimum absolute atomic E-state index is 0.277. The molecule has 0 bridgehead atoms. The zero-order valence-electron chi connectivity index (χ0n) is 59.7. The Hall–Kier alpha value is -13.5. The summed E-state index contributed by atoms with van der Waals surface area (Å²) in [6.45, 7) is 6.92. The van der Waals surface area contributed by atoms with Gasteiger partial charge in [0, 0.05) is 88.7 Å². The molecule has 0 atom stereocenters. The van der Waals surface area contributed by atoms with Crippen molar-refractivity contribution in [2.45, 2.75) is 26.2 Å². The van der Waals surface area contributed by atoms with Gasteiger partial charge in [0.15, 0.2) is 0 Å². The number of fused-ring (bicyclic) bond motifs is 14. The second kappa shape index (κ2) is 24.6. The monoisotopic (exact) mass is 1360 g/mol. The van der Waals surface area contributed by atoms with Crippen LogP contribution in [0.15, 0.2) is 376 Å². The molecule has 0 saturated heterocycles. The van der Waals surface area contributed by atoms with Crippen molar-refractivity contribution in [3.63, 3.8) is 0 Å². The fraction of sp³-hybridized carbons (Fsp3) is 0.0392. The van der Waals surface area contributed by atoms with E-state index in [0.717, 1.165) is 123 Å². The summed E-state index contributed by atoms with van der Waals surface area (Å²) in [5.74, 6) is 0. The largest absolute Gasteiger partial charge is 0.310 e. The van der Waals surface area contributed by atoms with Crippen LogP contribution in [0, 0.1) is 0 Å². The number of benzene rings is 17. The van der Waals surface area contributed by atoms with Crippen molar-refractivity contribution < 1.29 is 0 Å². The van der Waals surface area contributed by atoms with Crippen LogP contribution in [0.4, 0.5) is 34.1 Å². The van der Waals surface area contributed by atoms with Gasteiger partial charge in [-0.1, -0.05) is 324 Å². The van der Waals surface area contributed by atoms with Gasteiger partial charge in [-0.2, -0.15) is 0 Å². The van der Waals surface area contributed by atoms with E-state index in [2.05, 4.69) is 416 Å². The molecule has 0 spiro atoms. The molecule has 2 aromatic heterocycles. The Balaban J connectivity index is 0.953. The molecule has 2 aliphatic heterocycles. The van der Waals surface area contributed by atoms with Gasteiger partial charge >= 0.3 is 0 Å². The number of nitrogens with zero attached hydrogens (tertiary/aromatic N) is 4. The Bertz CT molecular complexity index is 6250. The van der Waals surface area contributed by atoms with E-state index in [4.69, 9.17) is 0 Å². The molecule has 0 fully saturated rings. The van der Waals surface area contributed by atoms with Gasteiger partial charge < -0.3 is 18.9 Å². The molecular weight excluding hydrogens is 1290 g/mol. The van der Waals surface area contributed by atoms with Gasteiger partial charge in [-0.05, 0) is 155 Å². The molecule has 4 nitrogen and oxygen atoms in total. The van der Waals surface area contributed by atoms with E-state index in [9.17, 15) is 0 Å². The molecular formula is C102H71BN4. The van der Waals surface area contributed by atoms with Gasteiger partial charge in [0.2, 0.25) is 0 Å². The highest BCUT2D eigenvalue weighted by atomic mass is 15.2. The lowest BCUT2D eigenvalue weighted by Crippen LogP contribution is -2.61. The van der Waals surface area contributed by atoms with E-state index in [1.54, 1.807) is 0 Å². The van der Waals surface area contributed by atoms with Crippen LogP contribution >= 0.6 is 0 Å². The number of anilines is 6. The van der Waals surface area contributed by atoms with Crippen molar-refractivity contribution in [2.75, 3.05) is 9.80 Å². The summed E-state index contributed by atoms with van der Waals surface area (Å²) < 4.78 is 5.11. The third-order valence-electron chi connectivity index (χ3n) is 22.8. The lowest BCUT2D eigenvalue weighted by atomic mass is 9.33. The molecule has 502 valence electrons. The first-order valence-corrected chi connectivity index (χ1v) is 37.3. The Morgan fingerprint density at radius 1 is 0.243 bits per heavy atom. The van der Waals surface area contributed by atoms with Crippen molar-refractivity contribution in [3.8, 4) is 78.1 Å². The van der Waals surface area contributed by atoms with Crippen molar-refractivity contribution in [1.29, 1.82) is 0 Å². The standard InChI is InChI=1S/C102H71BN4/c1-102(2,3)76-62-95-97-96(63-76)107(101-87(70-38-18-8-19-39-70)60-75(67-32-12-5-13-33-67)61-88(101)71-40-20-9-21-41-71)94-65-78(105-92-49-29-27-47-82(92)84-55-51-73-43-23-25-45-80(73)99(84)105)53-57-90(94)103(97)89-56-52-77(104-91-48-28-26-46-81(91)83-54-50-72-42-22-24-44-79(72)98(83)104)64-93(89)106(95)100-85(68-34-14-6-15-35-68)58-74(66-30-10-4-11-31-66)59-86(100)69-36-16-7-17-37-69/h4-65H,1-3H3. The smallest absolute Gasteiger partial charge is 0.252 e. The number of aromatic nitrogens is 2. The molecule has 0 saturated carbocycles. The van der Waals surface area contributed by atoms with Crippen LogP contribution in [-0.4, -0.2) is 15.8 Å². The molecule has 0 aliphatic carbocycles. The van der Waals surface area contributed by atoms with E-state index >= 15 is 0 Å². The molecule has 17 aromatic carbocycles. The SMILES string of the molecule is CC(C)(C)c1cc2c3c(c1)N(c1c(-c4ccccc4)cc(-c4ccccc4)cc1-c1ccccc1)c1cc(-n4c5ccccc5c5ccc6ccccc6c54)ccc1B3c1ccc(-n3c4ccccc4c4ccc5ccccc5c43)cc1N2c1c(-c2ccccc2)cc(-c2ccccc2)cc1-c1ccccc1. The zero-order chi connectivity index (χ0) is 71.0. The first-order chi connectivity index (χ1) is 52.8. The number of hydrogen-bond donors (Lipinski definition) is 0. The van der Waals surface area contributed by atoms with Crippen LogP contribution in [-0.2, 0) is 5.41 Å². The van der Waals surface area contributed by atoms with E-state index < -0.39 is 0 Å². The Morgan fingerprint density at radius 2 is 0.561 bits per heavy atom. The molecule has 21 rings (SSSR count). The van der Waals surface area contributed by atoms with Crippen LogP contribution in [0.5, 0.6) is 0 Å². The quantitative estimate of drug-likeness (QED) is 0.127. The normalized spacial score (nSPS) is 12.6. The minimum atomic E-state index is -0.361. The summed E-state index contributed by atoms with van der Waals surface area (Å²) in [5.41, 5.74) is 31.7. The van der Waals surface area contributed by atoms with Crippen LogP contribution in [0.3, 0.4) is 0 Å². The van der Waals surface area contributed by atoms with Crippen molar-refractivity contribution >= 4 is 122 Å². The van der Waals surface area contributed by atoms with E-state index in [-0.39, 0.29) is 12.1 Å². The van der Waals surface area contributed by atoms with Gasteiger partial charge in [-0.25, -0.2) is 0 Å². The van der Waals surface area contributed by atoms with E-state index in [0.29, 0.717) is 0 Å². The Kier molecular flexibility index (Phi) is 14.3. The highest BCUT2D eigenvalue weighted by molar-refractivity contribution is 7.00. The topological polar surface area (TPSA) is 16.3 Å². The first-order valence-electron chi connectivity index (χ1n) is 37.3. The molecule has 0 N–H and O–H groups in total. The highest BCUT2D eigenvalue weighted by Crippen LogP contribution is 2.56. The van der Waals surface area contributed by atoms with Gasteiger partial charge in [0.25, 0.3) is 6.71 Å². The fourth-order valence-electron chi connectivity index (χ4n) is 17.9. The second-order valence-corrected chi connectivity index (χ2v) is 29.9. The third-order valence-corrected chi connectivity index (χ3v) is 22.8. The summed E-state index contributed by atoms with van der Waals surface area (Å²) in [6, 6.07) is 142.